The van der Waals surface area contributed by atoms with Crippen LogP contribution in [-0.2, 0) is 14.3 Å². The Morgan fingerprint density at radius 2 is 1.77 bits per heavy atom. The van der Waals surface area contributed by atoms with Crippen molar-refractivity contribution in [3.8, 4) is 0 Å². The zero-order valence-electron chi connectivity index (χ0n) is 12.9. The third-order valence-electron chi connectivity index (χ3n) is 3.06. The maximum atomic E-state index is 11.8. The summed E-state index contributed by atoms with van der Waals surface area (Å²) < 4.78 is 4.43. The van der Waals surface area contributed by atoms with Crippen LogP contribution in [0.5, 0.6) is 0 Å². The third-order valence-corrected chi connectivity index (χ3v) is 3.06. The van der Waals surface area contributed by atoms with Gasteiger partial charge in [0, 0.05) is 11.3 Å². The molecule has 0 heterocycles. The lowest BCUT2D eigenvalue weighted by atomic mass is 10.0. The zero-order valence-corrected chi connectivity index (χ0v) is 12.9. The molecule has 2 amide bonds. The molecule has 1 rings (SSSR count). The second-order valence-corrected chi connectivity index (χ2v) is 5.10. The number of carbonyl (C=O) groups is 3. The van der Waals surface area contributed by atoms with Gasteiger partial charge in [-0.2, -0.15) is 0 Å². The van der Waals surface area contributed by atoms with Gasteiger partial charge >= 0.3 is 5.97 Å². The van der Waals surface area contributed by atoms with E-state index in [4.69, 9.17) is 5.73 Å². The van der Waals surface area contributed by atoms with Gasteiger partial charge in [0.1, 0.15) is 6.54 Å². The topological polar surface area (TPSA) is 111 Å². The summed E-state index contributed by atoms with van der Waals surface area (Å²) in [6.45, 7) is 3.52. The minimum Gasteiger partial charge on any atom is -0.468 e. The van der Waals surface area contributed by atoms with E-state index < -0.39 is 17.9 Å². The van der Waals surface area contributed by atoms with E-state index in [9.17, 15) is 14.4 Å². The van der Waals surface area contributed by atoms with Gasteiger partial charge in [-0.15, -0.1) is 0 Å². The first-order valence-corrected chi connectivity index (χ1v) is 6.86. The van der Waals surface area contributed by atoms with E-state index in [-0.39, 0.29) is 18.4 Å². The summed E-state index contributed by atoms with van der Waals surface area (Å²) in [6.07, 6.45) is 0. The molecule has 0 bridgehead atoms. The van der Waals surface area contributed by atoms with E-state index in [0.29, 0.717) is 11.3 Å². The minimum atomic E-state index is -0.594. The fourth-order valence-electron chi connectivity index (χ4n) is 1.56. The fourth-order valence-corrected chi connectivity index (χ4v) is 1.56. The number of carbonyl (C=O) groups excluding carboxylic acids is 3. The van der Waals surface area contributed by atoms with Crippen LogP contribution in [0.1, 0.15) is 24.2 Å². The third kappa shape index (κ3) is 5.17. The summed E-state index contributed by atoms with van der Waals surface area (Å²) in [5.41, 5.74) is 6.66. The van der Waals surface area contributed by atoms with Crippen LogP contribution in [0.15, 0.2) is 24.3 Å². The van der Waals surface area contributed by atoms with Gasteiger partial charge in [0.15, 0.2) is 0 Å². The van der Waals surface area contributed by atoms with Crippen LogP contribution in [0.2, 0.25) is 0 Å². The standard InChI is InChI=1S/C15H21N3O4/c1-9(2)13(16)15(21)18-11-6-4-10(5-7-11)14(20)17-8-12(19)22-3/h4-7,9,13H,8,16H2,1-3H3,(H,17,20)(H,18,21)/t13-/m0/s1. The van der Waals surface area contributed by atoms with Crippen LogP contribution in [0, 0.1) is 5.92 Å². The summed E-state index contributed by atoms with van der Waals surface area (Å²) in [6, 6.07) is 5.69. The largest absolute Gasteiger partial charge is 0.468 e. The molecule has 0 unspecified atom stereocenters. The molecule has 0 fully saturated rings. The van der Waals surface area contributed by atoms with Crippen molar-refractivity contribution in [1.82, 2.24) is 5.32 Å². The number of amides is 2. The highest BCUT2D eigenvalue weighted by Crippen LogP contribution is 2.11. The number of nitrogens with two attached hydrogens (primary N) is 1. The Morgan fingerprint density at radius 1 is 1.18 bits per heavy atom. The van der Waals surface area contributed by atoms with E-state index in [1.807, 2.05) is 13.8 Å². The number of esters is 1. The Labute approximate surface area is 129 Å². The normalized spacial score (nSPS) is 11.7. The van der Waals surface area contributed by atoms with Gasteiger partial charge in [-0.05, 0) is 30.2 Å². The minimum absolute atomic E-state index is 0.0309. The van der Waals surface area contributed by atoms with Crippen LogP contribution >= 0.6 is 0 Å². The van der Waals surface area contributed by atoms with Crippen LogP contribution in [0.3, 0.4) is 0 Å². The van der Waals surface area contributed by atoms with Crippen LogP contribution in [0.25, 0.3) is 0 Å². The fraction of sp³-hybridized carbons (Fsp3) is 0.400. The maximum Gasteiger partial charge on any atom is 0.325 e. The molecule has 1 atom stereocenters. The molecule has 0 aliphatic heterocycles. The molecule has 22 heavy (non-hydrogen) atoms. The molecule has 0 saturated carbocycles. The molecule has 0 spiro atoms. The molecule has 0 saturated heterocycles. The predicted octanol–water partition coefficient (Wildman–Crippen LogP) is 0.511. The van der Waals surface area contributed by atoms with Gasteiger partial charge in [-0.3, -0.25) is 14.4 Å². The average Bonchev–Trinajstić information content (AvgIpc) is 2.51. The Kier molecular flexibility index (Phi) is 6.52. The van der Waals surface area contributed by atoms with E-state index in [2.05, 4.69) is 15.4 Å². The Balaban J connectivity index is 2.61. The predicted molar refractivity (Wildman–Crippen MR) is 82.2 cm³/mol. The van der Waals surface area contributed by atoms with E-state index in [1.165, 1.54) is 7.11 Å². The lowest BCUT2D eigenvalue weighted by molar-refractivity contribution is -0.139. The molecule has 1 aromatic rings. The first-order chi connectivity index (χ1) is 10.3. The van der Waals surface area contributed by atoms with Crippen LogP contribution < -0.4 is 16.4 Å². The monoisotopic (exact) mass is 307 g/mol. The van der Waals surface area contributed by atoms with E-state index in [0.717, 1.165) is 0 Å². The van der Waals surface area contributed by atoms with E-state index in [1.54, 1.807) is 24.3 Å². The van der Waals surface area contributed by atoms with Crippen molar-refractivity contribution in [1.29, 1.82) is 0 Å². The van der Waals surface area contributed by atoms with E-state index >= 15 is 0 Å². The number of benzene rings is 1. The van der Waals surface area contributed by atoms with Crippen molar-refractivity contribution in [3.05, 3.63) is 29.8 Å². The molecular formula is C15H21N3O4. The highest BCUT2D eigenvalue weighted by Gasteiger charge is 2.17. The molecule has 4 N–H and O–H groups in total. The van der Waals surface area contributed by atoms with Crippen LogP contribution in [-0.4, -0.2) is 37.5 Å². The molecule has 7 heteroatoms. The van der Waals surface area contributed by atoms with Crippen molar-refractivity contribution in [2.75, 3.05) is 19.0 Å². The molecule has 1 aromatic carbocycles. The lowest BCUT2D eigenvalue weighted by Gasteiger charge is -2.15. The number of ether oxygens (including phenoxy) is 1. The highest BCUT2D eigenvalue weighted by atomic mass is 16.5. The van der Waals surface area contributed by atoms with Gasteiger partial charge in [0.05, 0.1) is 13.2 Å². The van der Waals surface area contributed by atoms with Gasteiger partial charge < -0.3 is 21.1 Å². The molecule has 7 nitrogen and oxygen atoms in total. The maximum absolute atomic E-state index is 11.8. The SMILES string of the molecule is COC(=O)CNC(=O)c1ccc(NC(=O)[C@@H](N)C(C)C)cc1. The van der Waals surface area contributed by atoms with Crippen molar-refractivity contribution in [2.24, 2.45) is 11.7 Å². The lowest BCUT2D eigenvalue weighted by Crippen LogP contribution is -2.39. The highest BCUT2D eigenvalue weighted by molar-refractivity contribution is 5.98. The van der Waals surface area contributed by atoms with Gasteiger partial charge in [-0.25, -0.2) is 0 Å². The quantitative estimate of drug-likeness (QED) is 0.663. The first kappa shape index (κ1) is 17.6. The molecule has 120 valence electrons. The number of rotatable bonds is 6. The first-order valence-electron chi connectivity index (χ1n) is 6.86. The number of hydrogen-bond donors (Lipinski definition) is 3. The number of methoxy groups -OCH3 is 1. The van der Waals surface area contributed by atoms with Crippen molar-refractivity contribution >= 4 is 23.5 Å². The Hall–Kier alpha value is -2.41. The average molecular weight is 307 g/mol. The summed E-state index contributed by atoms with van der Waals surface area (Å²) in [5, 5.41) is 5.10. The molecule has 0 aliphatic carbocycles. The van der Waals surface area contributed by atoms with Gasteiger partial charge in [0.25, 0.3) is 5.91 Å². The second kappa shape index (κ2) is 8.14. The molecule has 0 aromatic heterocycles. The van der Waals surface area contributed by atoms with Crippen molar-refractivity contribution in [3.63, 3.8) is 0 Å². The van der Waals surface area contributed by atoms with Gasteiger partial charge in [-0.1, -0.05) is 13.8 Å². The van der Waals surface area contributed by atoms with Crippen molar-refractivity contribution in [2.45, 2.75) is 19.9 Å². The zero-order chi connectivity index (χ0) is 16.7. The summed E-state index contributed by atoms with van der Waals surface area (Å²) in [7, 11) is 1.24. The Bertz CT molecular complexity index is 540. The molecule has 0 radical (unpaired) electrons. The summed E-state index contributed by atoms with van der Waals surface area (Å²) >= 11 is 0. The van der Waals surface area contributed by atoms with Crippen molar-refractivity contribution < 1.29 is 19.1 Å². The molecular weight excluding hydrogens is 286 g/mol. The number of nitrogens with one attached hydrogen (secondary N) is 2. The van der Waals surface area contributed by atoms with Gasteiger partial charge in [0.2, 0.25) is 5.91 Å². The summed E-state index contributed by atoms with van der Waals surface area (Å²) in [4.78, 5) is 34.5. The molecule has 0 aliphatic rings. The van der Waals surface area contributed by atoms with Crippen LogP contribution in [0.4, 0.5) is 5.69 Å². The smallest absolute Gasteiger partial charge is 0.325 e. The second-order valence-electron chi connectivity index (χ2n) is 5.10. The Morgan fingerprint density at radius 3 is 2.27 bits per heavy atom. The number of anilines is 1. The summed E-state index contributed by atoms with van der Waals surface area (Å²) in [5.74, 6) is -1.18. The number of hydrogen-bond acceptors (Lipinski definition) is 5.